The Labute approximate surface area is 126 Å². The van der Waals surface area contributed by atoms with Crippen molar-refractivity contribution in [1.82, 2.24) is 19.9 Å². The molecule has 0 unspecified atom stereocenters. The van der Waals surface area contributed by atoms with E-state index in [2.05, 4.69) is 15.3 Å². The first-order valence-electron chi connectivity index (χ1n) is 7.17. The van der Waals surface area contributed by atoms with Crippen molar-refractivity contribution in [3.8, 4) is 5.82 Å². The minimum Gasteiger partial charge on any atom is -0.349 e. The molecule has 1 fully saturated rings. The minimum atomic E-state index is -2.59. The second-order valence-electron chi connectivity index (χ2n) is 5.48. The molecule has 1 aliphatic rings. The van der Waals surface area contributed by atoms with Crippen LogP contribution in [0.5, 0.6) is 0 Å². The minimum absolute atomic E-state index is 0.172. The maximum absolute atomic E-state index is 13.1. The lowest BCUT2D eigenvalue weighted by atomic mass is 9.92. The van der Waals surface area contributed by atoms with E-state index in [0.717, 1.165) is 0 Å². The van der Waals surface area contributed by atoms with Crippen LogP contribution < -0.4 is 5.32 Å². The van der Waals surface area contributed by atoms with Crippen LogP contribution in [0.1, 0.15) is 36.0 Å². The van der Waals surface area contributed by atoms with Gasteiger partial charge in [0.2, 0.25) is 5.92 Å². The predicted molar refractivity (Wildman–Crippen MR) is 76.0 cm³/mol. The number of aromatic nitrogens is 3. The summed E-state index contributed by atoms with van der Waals surface area (Å²) in [5, 5.41) is 2.82. The smallest absolute Gasteiger partial charge is 0.251 e. The van der Waals surface area contributed by atoms with Gasteiger partial charge in [0.05, 0.1) is 0 Å². The first-order valence-corrected chi connectivity index (χ1v) is 7.17. The zero-order chi connectivity index (χ0) is 15.6. The average Bonchev–Trinajstić information content (AvgIpc) is 3.04. The number of imidazole rings is 1. The van der Waals surface area contributed by atoms with Crippen molar-refractivity contribution in [1.29, 1.82) is 0 Å². The number of alkyl halides is 2. The number of carbonyl (C=O) groups excluding carboxylic acids is 1. The van der Waals surface area contributed by atoms with E-state index >= 15 is 0 Å². The predicted octanol–water partition coefficient (Wildman–Crippen LogP) is 2.58. The molecule has 116 valence electrons. The highest BCUT2D eigenvalue weighted by atomic mass is 19.3. The number of amides is 1. The number of nitrogens with zero attached hydrogens (tertiary/aromatic N) is 3. The van der Waals surface area contributed by atoms with Crippen LogP contribution in [0.3, 0.4) is 0 Å². The average molecular weight is 306 g/mol. The third-order valence-corrected chi connectivity index (χ3v) is 3.83. The lowest BCUT2D eigenvalue weighted by Gasteiger charge is -2.28. The summed E-state index contributed by atoms with van der Waals surface area (Å²) in [5.74, 6) is -2.27. The van der Waals surface area contributed by atoms with E-state index in [1.54, 1.807) is 41.6 Å². The normalized spacial score (nSPS) is 18.1. The van der Waals surface area contributed by atoms with Gasteiger partial charge < -0.3 is 5.32 Å². The van der Waals surface area contributed by atoms with Crippen molar-refractivity contribution in [2.45, 2.75) is 37.6 Å². The second-order valence-corrected chi connectivity index (χ2v) is 5.48. The van der Waals surface area contributed by atoms with Gasteiger partial charge in [0, 0.05) is 43.0 Å². The standard InChI is InChI=1S/C15H16F2N4O/c16-15(17)4-1-12(2-5-15)20-14(22)11-3-6-19-13(9-11)21-8-7-18-10-21/h3,6-10,12H,1-2,4-5H2,(H,20,22). The van der Waals surface area contributed by atoms with Crippen LogP contribution in [0.4, 0.5) is 8.78 Å². The van der Waals surface area contributed by atoms with Crippen LogP contribution in [0.15, 0.2) is 37.1 Å². The van der Waals surface area contributed by atoms with E-state index in [4.69, 9.17) is 0 Å². The monoisotopic (exact) mass is 306 g/mol. The Hall–Kier alpha value is -2.31. The van der Waals surface area contributed by atoms with Crippen molar-refractivity contribution in [3.63, 3.8) is 0 Å². The lowest BCUT2D eigenvalue weighted by molar-refractivity contribution is -0.0399. The van der Waals surface area contributed by atoms with Crippen molar-refractivity contribution in [3.05, 3.63) is 42.6 Å². The van der Waals surface area contributed by atoms with E-state index in [1.807, 2.05) is 0 Å². The first kappa shape index (κ1) is 14.6. The molecule has 1 saturated carbocycles. The van der Waals surface area contributed by atoms with Gasteiger partial charge in [-0.15, -0.1) is 0 Å². The van der Waals surface area contributed by atoms with Gasteiger partial charge in [-0.1, -0.05) is 0 Å². The molecule has 0 aliphatic heterocycles. The molecule has 0 radical (unpaired) electrons. The van der Waals surface area contributed by atoms with Crippen LogP contribution in [-0.2, 0) is 0 Å². The zero-order valence-electron chi connectivity index (χ0n) is 11.9. The summed E-state index contributed by atoms with van der Waals surface area (Å²) in [7, 11) is 0. The molecule has 5 nitrogen and oxygen atoms in total. The number of pyridine rings is 1. The van der Waals surface area contributed by atoms with Crippen molar-refractivity contribution in [2.24, 2.45) is 0 Å². The molecule has 22 heavy (non-hydrogen) atoms. The Morgan fingerprint density at radius 1 is 1.32 bits per heavy atom. The third-order valence-electron chi connectivity index (χ3n) is 3.83. The molecule has 0 aromatic carbocycles. The molecular formula is C15H16F2N4O. The summed E-state index contributed by atoms with van der Waals surface area (Å²) in [6.07, 6.45) is 6.75. The molecule has 7 heteroatoms. The molecule has 0 atom stereocenters. The topological polar surface area (TPSA) is 59.8 Å². The van der Waals surface area contributed by atoms with Gasteiger partial charge >= 0.3 is 0 Å². The lowest BCUT2D eigenvalue weighted by Crippen LogP contribution is -2.40. The molecule has 2 heterocycles. The summed E-state index contributed by atoms with van der Waals surface area (Å²) in [5.41, 5.74) is 0.455. The largest absolute Gasteiger partial charge is 0.349 e. The Morgan fingerprint density at radius 3 is 2.77 bits per heavy atom. The van der Waals surface area contributed by atoms with Crippen LogP contribution in [0.2, 0.25) is 0 Å². The fourth-order valence-electron chi connectivity index (χ4n) is 2.55. The molecular weight excluding hydrogens is 290 g/mol. The van der Waals surface area contributed by atoms with E-state index in [-0.39, 0.29) is 24.8 Å². The van der Waals surface area contributed by atoms with Gasteiger partial charge in [-0.3, -0.25) is 9.36 Å². The molecule has 1 aliphatic carbocycles. The summed E-state index contributed by atoms with van der Waals surface area (Å²) in [4.78, 5) is 20.4. The Kier molecular flexibility index (Phi) is 3.87. The Bertz CT molecular complexity index is 647. The highest BCUT2D eigenvalue weighted by molar-refractivity contribution is 5.94. The van der Waals surface area contributed by atoms with Crippen LogP contribution in [0.25, 0.3) is 5.82 Å². The van der Waals surface area contributed by atoms with Crippen molar-refractivity contribution in [2.75, 3.05) is 0 Å². The molecule has 0 bridgehead atoms. The van der Waals surface area contributed by atoms with Gasteiger partial charge in [0.25, 0.3) is 5.91 Å². The molecule has 0 saturated heterocycles. The number of halogens is 2. The number of rotatable bonds is 3. The quantitative estimate of drug-likeness (QED) is 0.948. The van der Waals surface area contributed by atoms with Gasteiger partial charge in [-0.25, -0.2) is 18.7 Å². The number of hydrogen-bond acceptors (Lipinski definition) is 3. The highest BCUT2D eigenvalue weighted by Gasteiger charge is 2.35. The Morgan fingerprint density at radius 2 is 2.09 bits per heavy atom. The first-order chi connectivity index (χ1) is 10.5. The number of nitrogens with one attached hydrogen (secondary N) is 1. The van der Waals surface area contributed by atoms with E-state index in [1.165, 1.54) is 0 Å². The maximum Gasteiger partial charge on any atom is 0.251 e. The van der Waals surface area contributed by atoms with E-state index in [0.29, 0.717) is 24.2 Å². The zero-order valence-corrected chi connectivity index (χ0v) is 11.9. The molecule has 2 aromatic rings. The number of carbonyl (C=O) groups is 1. The Balaban J connectivity index is 1.67. The number of hydrogen-bond donors (Lipinski definition) is 1. The van der Waals surface area contributed by atoms with Gasteiger partial charge in [0.15, 0.2) is 0 Å². The van der Waals surface area contributed by atoms with E-state index < -0.39 is 5.92 Å². The van der Waals surface area contributed by atoms with Gasteiger partial charge in [-0.05, 0) is 25.0 Å². The SMILES string of the molecule is O=C(NC1CCC(F)(F)CC1)c1ccnc(-n2ccnc2)c1. The summed E-state index contributed by atoms with van der Waals surface area (Å²) < 4.78 is 27.9. The fourth-order valence-corrected chi connectivity index (χ4v) is 2.55. The second kappa shape index (κ2) is 5.82. The van der Waals surface area contributed by atoms with Crippen LogP contribution in [0, 0.1) is 0 Å². The summed E-state index contributed by atoms with van der Waals surface area (Å²) in [6.45, 7) is 0. The molecule has 2 aromatic heterocycles. The highest BCUT2D eigenvalue weighted by Crippen LogP contribution is 2.33. The maximum atomic E-state index is 13.1. The van der Waals surface area contributed by atoms with Crippen LogP contribution >= 0.6 is 0 Å². The molecule has 1 amide bonds. The summed E-state index contributed by atoms with van der Waals surface area (Å²) >= 11 is 0. The van der Waals surface area contributed by atoms with Gasteiger partial charge in [-0.2, -0.15) is 0 Å². The van der Waals surface area contributed by atoms with Crippen LogP contribution in [-0.4, -0.2) is 32.4 Å². The fraction of sp³-hybridized carbons (Fsp3) is 0.400. The van der Waals surface area contributed by atoms with Gasteiger partial charge in [0.1, 0.15) is 12.1 Å². The molecule has 1 N–H and O–H groups in total. The molecule has 3 rings (SSSR count). The van der Waals surface area contributed by atoms with Crippen molar-refractivity contribution >= 4 is 5.91 Å². The summed E-state index contributed by atoms with van der Waals surface area (Å²) in [6, 6.07) is 3.05. The molecule has 0 spiro atoms. The third kappa shape index (κ3) is 3.29. The van der Waals surface area contributed by atoms with Crippen molar-refractivity contribution < 1.29 is 13.6 Å². The van der Waals surface area contributed by atoms with E-state index in [9.17, 15) is 13.6 Å².